The van der Waals surface area contributed by atoms with E-state index in [0.29, 0.717) is 0 Å². The molecule has 0 N–H and O–H groups in total. The molecule has 0 amide bonds. The second-order valence-electron chi connectivity index (χ2n) is 6.82. The van der Waals surface area contributed by atoms with Gasteiger partial charge >= 0.3 is 0 Å². The second-order valence-corrected chi connectivity index (χ2v) is 6.82. The Kier molecular flexibility index (Phi) is 4.63. The Bertz CT molecular complexity index is 588. The predicted molar refractivity (Wildman–Crippen MR) is 92.9 cm³/mol. The highest BCUT2D eigenvalue weighted by molar-refractivity contribution is 5.84. The highest BCUT2D eigenvalue weighted by Crippen LogP contribution is 2.37. The van der Waals surface area contributed by atoms with Gasteiger partial charge in [-0.3, -0.25) is 0 Å². The normalized spacial score (nSPS) is 22.6. The lowest BCUT2D eigenvalue weighted by molar-refractivity contribution is 0.319. The van der Waals surface area contributed by atoms with Crippen LogP contribution in [0.4, 0.5) is 0 Å². The molecule has 3 rings (SSSR count). The summed E-state index contributed by atoms with van der Waals surface area (Å²) in [6, 6.07) is 14.2. The molecule has 0 radical (unpaired) electrons. The summed E-state index contributed by atoms with van der Waals surface area (Å²) < 4.78 is 0. The van der Waals surface area contributed by atoms with E-state index in [0.717, 1.165) is 11.8 Å². The van der Waals surface area contributed by atoms with Crippen molar-refractivity contribution < 1.29 is 0 Å². The monoisotopic (exact) mass is 280 g/mol. The predicted octanol–water partition coefficient (Wildman–Crippen LogP) is 6.48. The van der Waals surface area contributed by atoms with E-state index >= 15 is 0 Å². The molecule has 0 unspecified atom stereocenters. The van der Waals surface area contributed by atoms with E-state index in [2.05, 4.69) is 50.2 Å². The van der Waals surface area contributed by atoms with Crippen LogP contribution in [0.5, 0.6) is 0 Å². The molecule has 1 aliphatic carbocycles. The number of aryl methyl sites for hydroxylation is 1. The van der Waals surface area contributed by atoms with Crippen molar-refractivity contribution in [2.24, 2.45) is 5.92 Å². The van der Waals surface area contributed by atoms with Crippen molar-refractivity contribution >= 4 is 10.8 Å². The van der Waals surface area contributed by atoms with Crippen LogP contribution in [0.2, 0.25) is 0 Å². The maximum atomic E-state index is 2.45. The van der Waals surface area contributed by atoms with Gasteiger partial charge in [0.1, 0.15) is 0 Å². The van der Waals surface area contributed by atoms with Crippen molar-refractivity contribution in [3.8, 4) is 0 Å². The van der Waals surface area contributed by atoms with E-state index < -0.39 is 0 Å². The molecule has 1 fully saturated rings. The largest absolute Gasteiger partial charge is 0.0651 e. The molecule has 0 aromatic heterocycles. The smallest absolute Gasteiger partial charge is 0.0162 e. The van der Waals surface area contributed by atoms with E-state index in [1.165, 1.54) is 61.3 Å². The van der Waals surface area contributed by atoms with Crippen molar-refractivity contribution in [1.29, 1.82) is 0 Å². The summed E-state index contributed by atoms with van der Waals surface area (Å²) in [6.07, 6.45) is 9.41. The fourth-order valence-corrected chi connectivity index (χ4v) is 3.92. The first-order chi connectivity index (χ1) is 10.3. The van der Waals surface area contributed by atoms with E-state index in [1.54, 1.807) is 5.56 Å². The minimum absolute atomic E-state index is 0.799. The standard InChI is InChI=1S/C21H28/c1-3-5-17-8-11-21-15-20(13-12-19(21)14-17)18-9-6-16(4-2)7-10-18/h8,11-16,18H,3-7,9-10H2,1-2H3. The Hall–Kier alpha value is -1.30. The molecule has 2 aromatic rings. The van der Waals surface area contributed by atoms with Crippen LogP contribution >= 0.6 is 0 Å². The van der Waals surface area contributed by atoms with Crippen LogP contribution < -0.4 is 0 Å². The van der Waals surface area contributed by atoms with Gasteiger partial charge in [0.25, 0.3) is 0 Å². The zero-order chi connectivity index (χ0) is 14.7. The van der Waals surface area contributed by atoms with E-state index in [-0.39, 0.29) is 0 Å². The number of hydrogen-bond donors (Lipinski definition) is 0. The number of rotatable bonds is 4. The average Bonchev–Trinajstić information content (AvgIpc) is 2.55. The van der Waals surface area contributed by atoms with Crippen molar-refractivity contribution in [3.05, 3.63) is 47.5 Å². The van der Waals surface area contributed by atoms with Crippen molar-refractivity contribution in [3.63, 3.8) is 0 Å². The average molecular weight is 280 g/mol. The minimum Gasteiger partial charge on any atom is -0.0651 e. The maximum absolute atomic E-state index is 2.45. The third kappa shape index (κ3) is 3.31. The first kappa shape index (κ1) is 14.6. The zero-order valence-corrected chi connectivity index (χ0v) is 13.6. The summed E-state index contributed by atoms with van der Waals surface area (Å²) in [6.45, 7) is 4.59. The summed E-state index contributed by atoms with van der Waals surface area (Å²) in [5.74, 6) is 1.78. The van der Waals surface area contributed by atoms with Gasteiger partial charge in [-0.2, -0.15) is 0 Å². The van der Waals surface area contributed by atoms with Gasteiger partial charge in [-0.1, -0.05) is 63.1 Å². The molecule has 0 bridgehead atoms. The van der Waals surface area contributed by atoms with Gasteiger partial charge < -0.3 is 0 Å². The molecule has 0 heterocycles. The number of hydrogen-bond acceptors (Lipinski definition) is 0. The third-order valence-corrected chi connectivity index (χ3v) is 5.36. The fraction of sp³-hybridized carbons (Fsp3) is 0.524. The Labute approximate surface area is 129 Å². The Balaban J connectivity index is 1.80. The second kappa shape index (κ2) is 6.64. The molecule has 2 aromatic carbocycles. The van der Waals surface area contributed by atoms with Gasteiger partial charge in [0.05, 0.1) is 0 Å². The lowest BCUT2D eigenvalue weighted by atomic mass is 9.77. The highest BCUT2D eigenvalue weighted by Gasteiger charge is 2.21. The van der Waals surface area contributed by atoms with Gasteiger partial charge in [-0.05, 0) is 65.8 Å². The van der Waals surface area contributed by atoms with Crippen LogP contribution in [0.25, 0.3) is 10.8 Å². The van der Waals surface area contributed by atoms with Crippen LogP contribution in [0.3, 0.4) is 0 Å². The van der Waals surface area contributed by atoms with Gasteiger partial charge in [-0.25, -0.2) is 0 Å². The molecule has 0 nitrogen and oxygen atoms in total. The van der Waals surface area contributed by atoms with Crippen LogP contribution in [0, 0.1) is 5.92 Å². The summed E-state index contributed by atoms with van der Waals surface area (Å²) >= 11 is 0. The quantitative estimate of drug-likeness (QED) is 0.601. The molecular weight excluding hydrogens is 252 g/mol. The zero-order valence-electron chi connectivity index (χ0n) is 13.6. The van der Waals surface area contributed by atoms with Crippen LogP contribution in [-0.4, -0.2) is 0 Å². The first-order valence-corrected chi connectivity index (χ1v) is 8.82. The molecule has 0 aliphatic heterocycles. The van der Waals surface area contributed by atoms with Gasteiger partial charge in [-0.15, -0.1) is 0 Å². The first-order valence-electron chi connectivity index (χ1n) is 8.82. The Morgan fingerprint density at radius 1 is 0.857 bits per heavy atom. The summed E-state index contributed by atoms with van der Waals surface area (Å²) in [5, 5.41) is 2.83. The van der Waals surface area contributed by atoms with E-state index in [9.17, 15) is 0 Å². The van der Waals surface area contributed by atoms with E-state index in [1.807, 2.05) is 0 Å². The lowest BCUT2D eigenvalue weighted by Gasteiger charge is -2.28. The Morgan fingerprint density at radius 3 is 2.29 bits per heavy atom. The topological polar surface area (TPSA) is 0 Å². The van der Waals surface area contributed by atoms with Crippen LogP contribution in [-0.2, 0) is 6.42 Å². The molecule has 0 heteroatoms. The van der Waals surface area contributed by atoms with E-state index in [4.69, 9.17) is 0 Å². The molecular formula is C21H28. The number of benzene rings is 2. The van der Waals surface area contributed by atoms with Crippen molar-refractivity contribution in [1.82, 2.24) is 0 Å². The molecule has 1 aliphatic rings. The lowest BCUT2D eigenvalue weighted by Crippen LogP contribution is -2.12. The minimum atomic E-state index is 0.799. The molecule has 112 valence electrons. The SMILES string of the molecule is CCCc1ccc2cc(C3CCC(CC)CC3)ccc2c1. The van der Waals surface area contributed by atoms with Crippen LogP contribution in [0.15, 0.2) is 36.4 Å². The fourth-order valence-electron chi connectivity index (χ4n) is 3.92. The van der Waals surface area contributed by atoms with Crippen molar-refractivity contribution in [2.45, 2.75) is 64.7 Å². The molecule has 0 saturated heterocycles. The molecule has 0 atom stereocenters. The molecule has 1 saturated carbocycles. The summed E-state index contributed by atoms with van der Waals surface area (Å²) in [5.41, 5.74) is 3.04. The van der Waals surface area contributed by atoms with Gasteiger partial charge in [0.2, 0.25) is 0 Å². The third-order valence-electron chi connectivity index (χ3n) is 5.36. The van der Waals surface area contributed by atoms with Gasteiger partial charge in [0, 0.05) is 0 Å². The maximum Gasteiger partial charge on any atom is -0.0162 e. The molecule has 0 spiro atoms. The highest BCUT2D eigenvalue weighted by atomic mass is 14.3. The number of fused-ring (bicyclic) bond motifs is 1. The van der Waals surface area contributed by atoms with Gasteiger partial charge in [0.15, 0.2) is 0 Å². The Morgan fingerprint density at radius 2 is 1.57 bits per heavy atom. The van der Waals surface area contributed by atoms with Crippen LogP contribution in [0.1, 0.15) is 69.4 Å². The summed E-state index contributed by atoms with van der Waals surface area (Å²) in [7, 11) is 0. The molecule has 21 heavy (non-hydrogen) atoms. The van der Waals surface area contributed by atoms with Crippen molar-refractivity contribution in [2.75, 3.05) is 0 Å². The summed E-state index contributed by atoms with van der Waals surface area (Å²) in [4.78, 5) is 0.